The SMILES string of the molecule is CN(C)CC(=O)N1CCOc2c(O)cc(-c3csc4ccccc34)cc2C1. The topological polar surface area (TPSA) is 53.0 Å². The second-order valence-corrected chi connectivity index (χ2v) is 7.94. The lowest BCUT2D eigenvalue weighted by atomic mass is 10.0. The van der Waals surface area contributed by atoms with Gasteiger partial charge in [-0.15, -0.1) is 11.3 Å². The number of phenolic OH excluding ortho intramolecular Hbond substituents is 1. The fourth-order valence-electron chi connectivity index (χ4n) is 3.44. The average molecular weight is 382 g/mol. The Morgan fingerprint density at radius 3 is 2.93 bits per heavy atom. The van der Waals surface area contributed by atoms with Crippen molar-refractivity contribution >= 4 is 27.3 Å². The fraction of sp³-hybridized carbons (Fsp3) is 0.286. The lowest BCUT2D eigenvalue weighted by Gasteiger charge is -2.22. The van der Waals surface area contributed by atoms with Gasteiger partial charge in [-0.25, -0.2) is 0 Å². The molecule has 0 saturated carbocycles. The van der Waals surface area contributed by atoms with Crippen LogP contribution in [0, 0.1) is 0 Å². The first-order chi connectivity index (χ1) is 13.0. The number of benzene rings is 2. The Morgan fingerprint density at radius 2 is 2.11 bits per heavy atom. The van der Waals surface area contributed by atoms with Crippen LogP contribution in [-0.4, -0.2) is 54.6 Å². The molecule has 0 fully saturated rings. The summed E-state index contributed by atoms with van der Waals surface area (Å²) >= 11 is 1.69. The van der Waals surface area contributed by atoms with E-state index in [1.807, 2.05) is 37.2 Å². The lowest BCUT2D eigenvalue weighted by molar-refractivity contribution is -0.132. The summed E-state index contributed by atoms with van der Waals surface area (Å²) in [5, 5.41) is 13.8. The van der Waals surface area contributed by atoms with Crippen molar-refractivity contribution in [1.82, 2.24) is 9.80 Å². The first kappa shape index (κ1) is 17.8. The van der Waals surface area contributed by atoms with E-state index in [2.05, 4.69) is 17.5 Å². The van der Waals surface area contributed by atoms with E-state index in [0.29, 0.717) is 32.0 Å². The Hall–Kier alpha value is -2.57. The number of thiophene rings is 1. The number of likely N-dealkylation sites (N-methyl/N-ethyl adjacent to an activating group) is 1. The fourth-order valence-corrected chi connectivity index (χ4v) is 4.41. The van der Waals surface area contributed by atoms with Crippen molar-refractivity contribution in [3.05, 3.63) is 47.3 Å². The zero-order chi connectivity index (χ0) is 19.0. The van der Waals surface area contributed by atoms with E-state index in [4.69, 9.17) is 4.74 Å². The van der Waals surface area contributed by atoms with E-state index in [-0.39, 0.29) is 11.7 Å². The number of fused-ring (bicyclic) bond motifs is 2. The summed E-state index contributed by atoms with van der Waals surface area (Å²) in [7, 11) is 3.76. The van der Waals surface area contributed by atoms with Gasteiger partial charge in [0.2, 0.25) is 5.91 Å². The molecule has 4 rings (SSSR count). The number of nitrogens with zero attached hydrogens (tertiary/aromatic N) is 2. The highest BCUT2D eigenvalue weighted by Gasteiger charge is 2.23. The number of phenols is 1. The van der Waals surface area contributed by atoms with Gasteiger partial charge in [0.05, 0.1) is 13.1 Å². The van der Waals surface area contributed by atoms with E-state index in [1.54, 1.807) is 22.3 Å². The van der Waals surface area contributed by atoms with E-state index >= 15 is 0 Å². The highest BCUT2D eigenvalue weighted by molar-refractivity contribution is 7.17. The number of rotatable bonds is 3. The zero-order valence-corrected chi connectivity index (χ0v) is 16.3. The van der Waals surface area contributed by atoms with Crippen LogP contribution in [0.15, 0.2) is 41.8 Å². The largest absolute Gasteiger partial charge is 0.504 e. The minimum atomic E-state index is 0.0577. The van der Waals surface area contributed by atoms with Crippen molar-refractivity contribution in [2.75, 3.05) is 33.8 Å². The van der Waals surface area contributed by atoms with Gasteiger partial charge in [0, 0.05) is 27.8 Å². The molecule has 0 spiro atoms. The Labute approximate surface area is 162 Å². The number of carbonyl (C=O) groups excluding carboxylic acids is 1. The summed E-state index contributed by atoms with van der Waals surface area (Å²) in [6, 6.07) is 12.0. The lowest BCUT2D eigenvalue weighted by Crippen LogP contribution is -2.38. The number of carbonyl (C=O) groups is 1. The maximum atomic E-state index is 12.5. The molecular weight excluding hydrogens is 360 g/mol. The van der Waals surface area contributed by atoms with E-state index in [9.17, 15) is 9.90 Å². The normalized spacial score (nSPS) is 14.1. The molecule has 0 radical (unpaired) electrons. The molecule has 1 aliphatic rings. The summed E-state index contributed by atoms with van der Waals surface area (Å²) in [6.07, 6.45) is 0. The molecule has 0 atom stereocenters. The second-order valence-electron chi connectivity index (χ2n) is 7.03. The molecule has 6 heteroatoms. The van der Waals surface area contributed by atoms with Gasteiger partial charge in [0.15, 0.2) is 11.5 Å². The van der Waals surface area contributed by atoms with E-state index in [1.165, 1.54) is 4.70 Å². The smallest absolute Gasteiger partial charge is 0.237 e. The standard InChI is InChI=1S/C21H22N2O3S/c1-22(2)12-20(25)23-7-8-26-21-15(11-23)9-14(10-18(21)24)17-13-27-19-6-4-3-5-16(17)19/h3-6,9-10,13,24H,7-8,11-12H2,1-2H3. The molecule has 1 amide bonds. The molecule has 1 aliphatic heterocycles. The quantitative estimate of drug-likeness (QED) is 0.753. The molecule has 0 aliphatic carbocycles. The van der Waals surface area contributed by atoms with Gasteiger partial charge in [-0.05, 0) is 43.2 Å². The third-order valence-electron chi connectivity index (χ3n) is 4.71. The van der Waals surface area contributed by atoms with Crippen molar-refractivity contribution in [3.63, 3.8) is 0 Å². The molecule has 3 aromatic rings. The van der Waals surface area contributed by atoms with Crippen molar-refractivity contribution in [1.29, 1.82) is 0 Å². The maximum absolute atomic E-state index is 12.5. The molecular formula is C21H22N2O3S. The summed E-state index contributed by atoms with van der Waals surface area (Å²) in [6.45, 7) is 1.68. The molecule has 1 N–H and O–H groups in total. The highest BCUT2D eigenvalue weighted by atomic mass is 32.1. The average Bonchev–Trinajstić information content (AvgIpc) is 2.93. The Morgan fingerprint density at radius 1 is 1.30 bits per heavy atom. The van der Waals surface area contributed by atoms with Crippen molar-refractivity contribution < 1.29 is 14.6 Å². The number of hydrogen-bond acceptors (Lipinski definition) is 5. The second kappa shape index (κ2) is 7.21. The molecule has 2 heterocycles. The maximum Gasteiger partial charge on any atom is 0.237 e. The molecule has 27 heavy (non-hydrogen) atoms. The van der Waals surface area contributed by atoms with Gasteiger partial charge < -0.3 is 19.6 Å². The summed E-state index contributed by atoms with van der Waals surface area (Å²) in [5.41, 5.74) is 2.86. The van der Waals surface area contributed by atoms with Gasteiger partial charge in [-0.1, -0.05) is 18.2 Å². The Balaban J connectivity index is 1.73. The van der Waals surface area contributed by atoms with Crippen LogP contribution in [0.2, 0.25) is 0 Å². The van der Waals surface area contributed by atoms with Gasteiger partial charge in [0.1, 0.15) is 6.61 Å². The predicted octanol–water partition coefficient (Wildman–Crippen LogP) is 3.56. The van der Waals surface area contributed by atoms with Crippen LogP contribution >= 0.6 is 11.3 Å². The molecule has 1 aromatic heterocycles. The number of amides is 1. The van der Waals surface area contributed by atoms with Gasteiger partial charge in [-0.2, -0.15) is 0 Å². The van der Waals surface area contributed by atoms with Crippen LogP contribution < -0.4 is 4.74 Å². The minimum absolute atomic E-state index is 0.0577. The minimum Gasteiger partial charge on any atom is -0.504 e. The van der Waals surface area contributed by atoms with Crippen LogP contribution in [0.1, 0.15) is 5.56 Å². The molecule has 140 valence electrons. The highest BCUT2D eigenvalue weighted by Crippen LogP contribution is 2.41. The van der Waals surface area contributed by atoms with Gasteiger partial charge >= 0.3 is 0 Å². The van der Waals surface area contributed by atoms with Crippen molar-refractivity contribution in [3.8, 4) is 22.6 Å². The number of hydrogen-bond donors (Lipinski definition) is 1. The molecule has 5 nitrogen and oxygen atoms in total. The molecule has 0 unspecified atom stereocenters. The Kier molecular flexibility index (Phi) is 4.76. The van der Waals surface area contributed by atoms with Crippen LogP contribution in [0.25, 0.3) is 21.2 Å². The van der Waals surface area contributed by atoms with Gasteiger partial charge in [0.25, 0.3) is 0 Å². The third-order valence-corrected chi connectivity index (χ3v) is 5.67. The van der Waals surface area contributed by atoms with E-state index in [0.717, 1.165) is 22.1 Å². The monoisotopic (exact) mass is 382 g/mol. The van der Waals surface area contributed by atoms with E-state index < -0.39 is 0 Å². The summed E-state index contributed by atoms with van der Waals surface area (Å²) in [5.74, 6) is 0.667. The van der Waals surface area contributed by atoms with Crippen LogP contribution in [-0.2, 0) is 11.3 Å². The van der Waals surface area contributed by atoms with Crippen molar-refractivity contribution in [2.24, 2.45) is 0 Å². The Bertz CT molecular complexity index is 996. The molecule has 0 saturated heterocycles. The first-order valence-corrected chi connectivity index (χ1v) is 9.78. The number of ether oxygens (including phenoxy) is 1. The predicted molar refractivity (Wildman–Crippen MR) is 108 cm³/mol. The molecule has 2 aromatic carbocycles. The van der Waals surface area contributed by atoms with Crippen molar-refractivity contribution in [2.45, 2.75) is 6.54 Å². The summed E-state index contributed by atoms with van der Waals surface area (Å²) < 4.78 is 6.98. The number of aromatic hydroxyl groups is 1. The zero-order valence-electron chi connectivity index (χ0n) is 15.4. The van der Waals surface area contributed by atoms with Crippen LogP contribution in [0.3, 0.4) is 0 Å². The third kappa shape index (κ3) is 3.50. The summed E-state index contributed by atoms with van der Waals surface area (Å²) in [4.78, 5) is 16.2. The van der Waals surface area contributed by atoms with Crippen LogP contribution in [0.4, 0.5) is 0 Å². The van der Waals surface area contributed by atoms with Crippen LogP contribution in [0.5, 0.6) is 11.5 Å². The van der Waals surface area contributed by atoms with Gasteiger partial charge in [-0.3, -0.25) is 4.79 Å². The molecule has 0 bridgehead atoms. The first-order valence-electron chi connectivity index (χ1n) is 8.90.